The lowest BCUT2D eigenvalue weighted by atomic mass is 10.00. The lowest BCUT2D eigenvalue weighted by Crippen LogP contribution is -2.48. The van der Waals surface area contributed by atoms with Crippen LogP contribution in [0.2, 0.25) is 0 Å². The highest BCUT2D eigenvalue weighted by atomic mass is 32.1. The van der Waals surface area contributed by atoms with E-state index in [0.29, 0.717) is 37.2 Å². The van der Waals surface area contributed by atoms with Crippen molar-refractivity contribution in [2.75, 3.05) is 20.2 Å². The lowest BCUT2D eigenvalue weighted by molar-refractivity contribution is 0.0784. The Morgan fingerprint density at radius 2 is 1.74 bits per heavy atom. The van der Waals surface area contributed by atoms with Gasteiger partial charge in [-0.25, -0.2) is 4.98 Å². The van der Waals surface area contributed by atoms with E-state index >= 15 is 0 Å². The fraction of sp³-hybridized carbons (Fsp3) is 0.303. The molecule has 2 amide bonds. The Morgan fingerprint density at radius 1 is 1.00 bits per heavy atom. The number of aliphatic hydroxyl groups excluding tert-OH is 1. The van der Waals surface area contributed by atoms with Gasteiger partial charge in [0.25, 0.3) is 11.8 Å². The van der Waals surface area contributed by atoms with Crippen molar-refractivity contribution in [3.8, 4) is 5.75 Å². The van der Waals surface area contributed by atoms with Crippen LogP contribution in [0.3, 0.4) is 0 Å². The fourth-order valence-corrected chi connectivity index (χ4v) is 5.41. The van der Waals surface area contributed by atoms with Crippen LogP contribution in [0.25, 0.3) is 0 Å². The van der Waals surface area contributed by atoms with Gasteiger partial charge in [-0.3, -0.25) is 9.59 Å². The number of hydrogen-bond acceptors (Lipinski definition) is 7. The van der Waals surface area contributed by atoms with Gasteiger partial charge in [0.1, 0.15) is 10.8 Å². The molecule has 42 heavy (non-hydrogen) atoms. The minimum absolute atomic E-state index is 0.198. The number of hydrogen-bond donors (Lipinski definition) is 3. The number of carbonyl (C=O) groups excluding carboxylic acids is 2. The highest BCUT2D eigenvalue weighted by Gasteiger charge is 2.23. The molecule has 4 aromatic rings. The summed E-state index contributed by atoms with van der Waals surface area (Å²) >= 11 is 1.51. The van der Waals surface area contributed by atoms with Crippen molar-refractivity contribution in [1.29, 1.82) is 0 Å². The van der Waals surface area contributed by atoms with E-state index in [0.717, 1.165) is 27.6 Å². The van der Waals surface area contributed by atoms with Crippen molar-refractivity contribution in [1.82, 2.24) is 20.5 Å². The van der Waals surface area contributed by atoms with Crippen molar-refractivity contribution < 1.29 is 19.4 Å². The van der Waals surface area contributed by atoms with Gasteiger partial charge in [-0.15, -0.1) is 11.3 Å². The van der Waals surface area contributed by atoms with Crippen LogP contribution in [-0.2, 0) is 19.5 Å². The van der Waals surface area contributed by atoms with Crippen LogP contribution in [0.4, 0.5) is 0 Å². The SMILES string of the molecule is CCOc1cccc(CNCC(O)C(Cc2ccccc2)NC(=O)c2cccc(C(=O)N(C)Cc3nc(C)cs3)c2)c1. The third kappa shape index (κ3) is 8.97. The summed E-state index contributed by atoms with van der Waals surface area (Å²) in [5, 5.41) is 20.3. The van der Waals surface area contributed by atoms with Crippen LogP contribution in [0.1, 0.15) is 49.5 Å². The number of aryl methyl sites for hydroxylation is 1. The first kappa shape index (κ1) is 30.9. The monoisotopic (exact) mass is 586 g/mol. The van der Waals surface area contributed by atoms with E-state index in [1.54, 1.807) is 36.2 Å². The largest absolute Gasteiger partial charge is 0.494 e. The summed E-state index contributed by atoms with van der Waals surface area (Å²) in [7, 11) is 1.72. The summed E-state index contributed by atoms with van der Waals surface area (Å²) < 4.78 is 5.58. The Bertz CT molecular complexity index is 1460. The van der Waals surface area contributed by atoms with Crippen LogP contribution < -0.4 is 15.4 Å². The van der Waals surface area contributed by atoms with Crippen LogP contribution in [0.15, 0.2) is 84.2 Å². The van der Waals surface area contributed by atoms with Crippen LogP contribution in [-0.4, -0.2) is 59.1 Å². The van der Waals surface area contributed by atoms with E-state index in [4.69, 9.17) is 4.74 Å². The minimum Gasteiger partial charge on any atom is -0.494 e. The van der Waals surface area contributed by atoms with E-state index in [-0.39, 0.29) is 18.4 Å². The number of benzene rings is 3. The molecule has 0 aliphatic carbocycles. The van der Waals surface area contributed by atoms with Crippen LogP contribution in [0, 0.1) is 6.92 Å². The first-order valence-electron chi connectivity index (χ1n) is 14.0. The van der Waals surface area contributed by atoms with Gasteiger partial charge < -0.3 is 25.4 Å². The number of aromatic nitrogens is 1. The molecular weight excluding hydrogens is 548 g/mol. The zero-order valence-electron chi connectivity index (χ0n) is 24.2. The summed E-state index contributed by atoms with van der Waals surface area (Å²) in [6, 6.07) is 23.7. The topological polar surface area (TPSA) is 104 Å². The molecule has 0 bridgehead atoms. The molecule has 0 aliphatic heterocycles. The van der Waals surface area contributed by atoms with Crippen LogP contribution >= 0.6 is 11.3 Å². The number of nitrogens with zero attached hydrogens (tertiary/aromatic N) is 2. The molecule has 2 atom stereocenters. The van der Waals surface area contributed by atoms with Gasteiger partial charge >= 0.3 is 0 Å². The zero-order valence-corrected chi connectivity index (χ0v) is 25.1. The maximum absolute atomic E-state index is 13.4. The second kappa shape index (κ2) is 15.3. The minimum atomic E-state index is -0.859. The first-order chi connectivity index (χ1) is 20.3. The number of thiazole rings is 1. The molecule has 0 fully saturated rings. The van der Waals surface area contributed by atoms with Gasteiger partial charge in [0.15, 0.2) is 0 Å². The van der Waals surface area contributed by atoms with Gasteiger partial charge in [-0.05, 0) is 61.7 Å². The van der Waals surface area contributed by atoms with E-state index < -0.39 is 12.1 Å². The van der Waals surface area contributed by atoms with E-state index in [2.05, 4.69) is 15.6 Å². The molecule has 9 heteroatoms. The molecule has 220 valence electrons. The molecule has 0 aliphatic rings. The zero-order chi connectivity index (χ0) is 29.9. The van der Waals surface area contributed by atoms with Gasteiger partial charge in [0.2, 0.25) is 0 Å². The van der Waals surface area contributed by atoms with Gasteiger partial charge in [0, 0.05) is 42.3 Å². The van der Waals surface area contributed by atoms with Gasteiger partial charge in [-0.1, -0.05) is 48.5 Å². The van der Waals surface area contributed by atoms with Crippen molar-refractivity contribution in [2.24, 2.45) is 0 Å². The maximum Gasteiger partial charge on any atom is 0.253 e. The standard InChI is InChI=1S/C33H38N4O4S/c1-4-41-28-15-8-12-25(16-28)19-34-20-30(38)29(17-24-10-6-5-7-11-24)36-32(39)26-13-9-14-27(18-26)33(40)37(3)21-31-35-23(2)22-42-31/h5-16,18,22,29-30,34,38H,4,17,19-21H2,1-3H3,(H,36,39). The summed E-state index contributed by atoms with van der Waals surface area (Å²) in [6.07, 6.45) is -0.411. The average molecular weight is 587 g/mol. The molecule has 3 aromatic carbocycles. The van der Waals surface area contributed by atoms with Crippen molar-refractivity contribution in [2.45, 2.75) is 45.5 Å². The number of nitrogens with one attached hydrogen (secondary N) is 2. The van der Waals surface area contributed by atoms with E-state index in [1.807, 2.05) is 73.8 Å². The molecule has 0 saturated carbocycles. The molecule has 1 heterocycles. The Balaban J connectivity index is 1.41. The Kier molecular flexibility index (Phi) is 11.2. The van der Waals surface area contributed by atoms with Gasteiger partial charge in [-0.2, -0.15) is 0 Å². The second-order valence-corrected chi connectivity index (χ2v) is 11.1. The number of ether oxygens (including phenoxy) is 1. The van der Waals surface area contributed by atoms with Crippen molar-refractivity contribution >= 4 is 23.2 Å². The Morgan fingerprint density at radius 3 is 2.48 bits per heavy atom. The summed E-state index contributed by atoms with van der Waals surface area (Å²) in [5.74, 6) is 0.250. The number of rotatable bonds is 14. The number of carbonyl (C=O) groups is 2. The third-order valence-corrected chi connectivity index (χ3v) is 7.68. The van der Waals surface area contributed by atoms with Crippen molar-refractivity contribution in [3.63, 3.8) is 0 Å². The molecule has 0 spiro atoms. The number of aliphatic hydroxyl groups is 1. The van der Waals surface area contributed by atoms with E-state index in [9.17, 15) is 14.7 Å². The first-order valence-corrected chi connectivity index (χ1v) is 14.9. The van der Waals surface area contributed by atoms with E-state index in [1.165, 1.54) is 11.3 Å². The quantitative estimate of drug-likeness (QED) is 0.199. The fourth-order valence-electron chi connectivity index (χ4n) is 4.59. The average Bonchev–Trinajstić information content (AvgIpc) is 3.41. The Hall–Kier alpha value is -4.05. The molecule has 1 aromatic heterocycles. The highest BCUT2D eigenvalue weighted by molar-refractivity contribution is 7.09. The normalized spacial score (nSPS) is 12.4. The molecule has 0 radical (unpaired) electrons. The predicted molar refractivity (Wildman–Crippen MR) is 166 cm³/mol. The van der Waals surface area contributed by atoms with Gasteiger partial charge in [0.05, 0.1) is 25.3 Å². The molecular formula is C33H38N4O4S. The molecule has 2 unspecified atom stereocenters. The molecule has 4 rings (SSSR count). The molecule has 8 nitrogen and oxygen atoms in total. The summed E-state index contributed by atoms with van der Waals surface area (Å²) in [5.41, 5.74) is 3.72. The predicted octanol–water partition coefficient (Wildman–Crippen LogP) is 4.61. The number of amides is 2. The molecule has 3 N–H and O–H groups in total. The smallest absolute Gasteiger partial charge is 0.253 e. The van der Waals surface area contributed by atoms with Crippen LogP contribution in [0.5, 0.6) is 5.75 Å². The lowest BCUT2D eigenvalue weighted by Gasteiger charge is -2.25. The van der Waals surface area contributed by atoms with Crippen molar-refractivity contribution in [3.05, 3.63) is 117 Å². The third-order valence-electron chi connectivity index (χ3n) is 6.73. The second-order valence-electron chi connectivity index (χ2n) is 10.2. The Labute approximate surface area is 251 Å². The summed E-state index contributed by atoms with van der Waals surface area (Å²) in [4.78, 5) is 32.5. The summed E-state index contributed by atoms with van der Waals surface area (Å²) in [6.45, 7) is 5.67. The highest BCUT2D eigenvalue weighted by Crippen LogP contribution is 2.16. The maximum atomic E-state index is 13.4. The molecule has 0 saturated heterocycles.